The molecule has 0 amide bonds. The van der Waals surface area contributed by atoms with Crippen LogP contribution in [0.15, 0.2) is 85.1 Å². The Balaban J connectivity index is 4.57. The number of phosphoric acid groups is 1. The molecular formula is C46H77O12P. The lowest BCUT2D eigenvalue weighted by molar-refractivity contribution is -0.161. The molecule has 0 rings (SSSR count). The predicted octanol–water partition coefficient (Wildman–Crippen LogP) is 9.39. The summed E-state index contributed by atoms with van der Waals surface area (Å²) in [6.45, 7) is 1.93. The van der Waals surface area contributed by atoms with Crippen molar-refractivity contribution < 1.29 is 58.0 Å². The van der Waals surface area contributed by atoms with Gasteiger partial charge in [-0.25, -0.2) is 4.57 Å². The van der Waals surface area contributed by atoms with Gasteiger partial charge in [0, 0.05) is 12.8 Å². The van der Waals surface area contributed by atoms with E-state index >= 15 is 0 Å². The van der Waals surface area contributed by atoms with Gasteiger partial charge in [0.2, 0.25) is 0 Å². The summed E-state index contributed by atoms with van der Waals surface area (Å²) in [7, 11) is -4.67. The van der Waals surface area contributed by atoms with E-state index in [0.717, 1.165) is 44.9 Å². The Morgan fingerprint density at radius 3 is 1.86 bits per heavy atom. The molecule has 0 saturated carbocycles. The summed E-state index contributed by atoms with van der Waals surface area (Å²) in [5, 5.41) is 38.3. The average molecular weight is 853 g/mol. The van der Waals surface area contributed by atoms with Crippen LogP contribution in [0, 0.1) is 0 Å². The van der Waals surface area contributed by atoms with Gasteiger partial charge in [-0.15, -0.1) is 0 Å². The fourth-order valence-electron chi connectivity index (χ4n) is 5.31. The Kier molecular flexibility index (Phi) is 38.5. The number of carbonyl (C=O) groups excluding carboxylic acids is 2. The first-order valence-electron chi connectivity index (χ1n) is 21.8. The monoisotopic (exact) mass is 853 g/mol. The SMILES string of the molecule is CC/C=C\C[C@@H](O)/C=C/C=C\C/C=C\C=C\[C@@H](O)/C=C\CCCC(=O)OC[C@H](COP(=O)(O)OC[C@@H](O)CO)OC(=O)CCCCCCC/C=C\CCCCCCCC. The molecule has 5 N–H and O–H groups in total. The van der Waals surface area contributed by atoms with Gasteiger partial charge in [-0.1, -0.05) is 150 Å². The second-order valence-electron chi connectivity index (χ2n) is 14.4. The third-order valence-electron chi connectivity index (χ3n) is 8.71. The lowest BCUT2D eigenvalue weighted by Crippen LogP contribution is -2.29. The fraction of sp³-hybridized carbons (Fsp3) is 0.652. The number of aliphatic hydroxyl groups is 4. The molecule has 0 aromatic carbocycles. The predicted molar refractivity (Wildman–Crippen MR) is 235 cm³/mol. The Bertz CT molecular complexity index is 1290. The zero-order valence-corrected chi connectivity index (χ0v) is 36.8. The molecule has 338 valence electrons. The molecule has 0 aromatic heterocycles. The molecule has 0 radical (unpaired) electrons. The van der Waals surface area contributed by atoms with E-state index in [1.165, 1.54) is 38.5 Å². The number of esters is 2. The molecule has 0 aromatic rings. The number of ether oxygens (including phenoxy) is 2. The van der Waals surface area contributed by atoms with Gasteiger partial charge in [-0.05, 0) is 64.2 Å². The summed E-state index contributed by atoms with van der Waals surface area (Å²) in [5.74, 6) is -1.13. The van der Waals surface area contributed by atoms with Crippen LogP contribution in [-0.2, 0) is 32.7 Å². The van der Waals surface area contributed by atoms with Gasteiger partial charge >= 0.3 is 19.8 Å². The lowest BCUT2D eigenvalue weighted by Gasteiger charge is -2.20. The van der Waals surface area contributed by atoms with E-state index in [-0.39, 0.29) is 12.8 Å². The fourth-order valence-corrected chi connectivity index (χ4v) is 6.10. The summed E-state index contributed by atoms with van der Waals surface area (Å²) < 4.78 is 32.5. The van der Waals surface area contributed by atoms with Crippen LogP contribution in [0.1, 0.15) is 142 Å². The van der Waals surface area contributed by atoms with Crippen LogP contribution >= 0.6 is 7.82 Å². The van der Waals surface area contributed by atoms with E-state index < -0.39 is 70.6 Å². The Hall–Kier alpha value is -2.93. The minimum atomic E-state index is -4.67. The van der Waals surface area contributed by atoms with E-state index in [1.807, 2.05) is 49.5 Å². The van der Waals surface area contributed by atoms with Crippen LogP contribution in [0.4, 0.5) is 0 Å². The maximum absolute atomic E-state index is 12.6. The molecule has 1 unspecified atom stereocenters. The Morgan fingerprint density at radius 2 is 1.20 bits per heavy atom. The zero-order chi connectivity index (χ0) is 43.7. The van der Waals surface area contributed by atoms with E-state index in [0.29, 0.717) is 32.1 Å². The third-order valence-corrected chi connectivity index (χ3v) is 9.66. The second-order valence-corrected chi connectivity index (χ2v) is 15.8. The number of phosphoric ester groups is 1. The molecule has 0 aliphatic rings. The van der Waals surface area contributed by atoms with Crippen molar-refractivity contribution in [1.29, 1.82) is 0 Å². The van der Waals surface area contributed by atoms with E-state index in [9.17, 15) is 34.4 Å². The summed E-state index contributed by atoms with van der Waals surface area (Å²) in [4.78, 5) is 35.0. The maximum Gasteiger partial charge on any atom is 0.472 e. The van der Waals surface area contributed by atoms with Crippen molar-refractivity contribution in [3.63, 3.8) is 0 Å². The highest BCUT2D eigenvalue weighted by Crippen LogP contribution is 2.43. The molecule has 5 atom stereocenters. The molecule has 0 bridgehead atoms. The van der Waals surface area contributed by atoms with Crippen molar-refractivity contribution in [2.45, 2.75) is 167 Å². The minimum Gasteiger partial charge on any atom is -0.462 e. The molecule has 13 heteroatoms. The summed E-state index contributed by atoms with van der Waals surface area (Å²) in [6.07, 6.45) is 40.5. The van der Waals surface area contributed by atoms with Crippen molar-refractivity contribution in [3.05, 3.63) is 85.1 Å². The molecular weight excluding hydrogens is 775 g/mol. The van der Waals surface area contributed by atoms with E-state index in [2.05, 4.69) is 23.6 Å². The van der Waals surface area contributed by atoms with E-state index in [1.54, 1.807) is 30.4 Å². The largest absolute Gasteiger partial charge is 0.472 e. The van der Waals surface area contributed by atoms with Gasteiger partial charge in [0.25, 0.3) is 0 Å². The topological polar surface area (TPSA) is 189 Å². The van der Waals surface area contributed by atoms with Crippen molar-refractivity contribution in [3.8, 4) is 0 Å². The summed E-state index contributed by atoms with van der Waals surface area (Å²) >= 11 is 0. The van der Waals surface area contributed by atoms with Gasteiger partial charge in [-0.3, -0.25) is 18.6 Å². The maximum atomic E-state index is 12.6. The first-order chi connectivity index (χ1) is 28.5. The normalized spacial score (nSPS) is 15.7. The smallest absolute Gasteiger partial charge is 0.462 e. The number of aliphatic hydroxyl groups excluding tert-OH is 4. The quantitative estimate of drug-likeness (QED) is 0.0130. The first-order valence-corrected chi connectivity index (χ1v) is 23.3. The zero-order valence-electron chi connectivity index (χ0n) is 35.9. The van der Waals surface area contributed by atoms with Crippen LogP contribution in [0.2, 0.25) is 0 Å². The molecule has 12 nitrogen and oxygen atoms in total. The first kappa shape index (κ1) is 56.1. The Labute approximate surface area is 355 Å². The van der Waals surface area contributed by atoms with Crippen molar-refractivity contribution in [2.24, 2.45) is 0 Å². The number of unbranched alkanes of at least 4 members (excludes halogenated alkanes) is 12. The molecule has 0 aliphatic carbocycles. The van der Waals surface area contributed by atoms with Crippen LogP contribution in [-0.4, -0.2) is 88.1 Å². The van der Waals surface area contributed by atoms with Crippen LogP contribution in [0.3, 0.4) is 0 Å². The average Bonchev–Trinajstić information content (AvgIpc) is 3.21. The number of hydrogen-bond donors (Lipinski definition) is 5. The van der Waals surface area contributed by atoms with Gasteiger partial charge in [-0.2, -0.15) is 0 Å². The van der Waals surface area contributed by atoms with Crippen molar-refractivity contribution >= 4 is 19.8 Å². The van der Waals surface area contributed by atoms with Crippen molar-refractivity contribution in [2.75, 3.05) is 26.4 Å². The summed E-state index contributed by atoms with van der Waals surface area (Å²) in [6, 6.07) is 0. The van der Waals surface area contributed by atoms with Gasteiger partial charge in [0.05, 0.1) is 32.0 Å². The van der Waals surface area contributed by atoms with Crippen LogP contribution in [0.5, 0.6) is 0 Å². The van der Waals surface area contributed by atoms with Crippen LogP contribution < -0.4 is 0 Å². The number of hydrogen-bond acceptors (Lipinski definition) is 11. The highest BCUT2D eigenvalue weighted by atomic mass is 31.2. The highest BCUT2D eigenvalue weighted by molar-refractivity contribution is 7.47. The van der Waals surface area contributed by atoms with Crippen molar-refractivity contribution in [1.82, 2.24) is 0 Å². The molecule has 0 spiro atoms. The molecule has 59 heavy (non-hydrogen) atoms. The molecule has 0 saturated heterocycles. The van der Waals surface area contributed by atoms with Gasteiger partial charge in [0.1, 0.15) is 12.7 Å². The molecule has 0 heterocycles. The summed E-state index contributed by atoms with van der Waals surface area (Å²) in [5.41, 5.74) is 0. The Morgan fingerprint density at radius 1 is 0.610 bits per heavy atom. The van der Waals surface area contributed by atoms with Gasteiger partial charge in [0.15, 0.2) is 6.10 Å². The van der Waals surface area contributed by atoms with E-state index in [4.69, 9.17) is 19.1 Å². The molecule has 0 aliphatic heterocycles. The minimum absolute atomic E-state index is 0.0493. The highest BCUT2D eigenvalue weighted by Gasteiger charge is 2.27. The molecule has 0 fully saturated rings. The van der Waals surface area contributed by atoms with Crippen LogP contribution in [0.25, 0.3) is 0 Å². The number of rotatable bonds is 39. The number of allylic oxidation sites excluding steroid dienone is 10. The lowest BCUT2D eigenvalue weighted by atomic mass is 10.1. The van der Waals surface area contributed by atoms with Gasteiger partial charge < -0.3 is 34.8 Å². The third kappa shape index (κ3) is 40.3. The standard InChI is InChI=1S/C46H77O12P/c1-3-5-7-8-9-10-11-12-13-14-15-16-20-23-29-36-46(52)58-44(40-57-59(53,54)56-38-43(50)37-47)39-55-45(51)35-30-24-28-34-42(49)33-27-22-19-17-18-21-26-32-41(48)31-25-6-4-2/h6,12-13,18-19,21-22,25-28,32-34,41-44,47-50H,3-5,7-11,14-17,20,23-24,29-31,35-40H2,1-2H3,(H,53,54)/b13-12-,21-18-,22-19-,25-6-,32-26+,33-27+,34-28-/t41-,42-,43+,44-/m1/s1. The number of carbonyl (C=O) groups is 2. The second kappa shape index (κ2) is 40.5.